The maximum absolute atomic E-state index is 9.27. The van der Waals surface area contributed by atoms with Crippen LogP contribution in [0.15, 0.2) is 0 Å². The Balaban J connectivity index is 1.78. The molecule has 0 amide bonds. The molecule has 0 spiro atoms. The lowest BCUT2D eigenvalue weighted by Crippen LogP contribution is -2.34. The molecule has 0 bridgehead atoms. The average molecular weight is 284 g/mol. The van der Waals surface area contributed by atoms with Crippen LogP contribution in [0.5, 0.6) is 0 Å². The Hall–Kier alpha value is -0.0800. The molecule has 2 nitrogen and oxygen atoms in total. The van der Waals surface area contributed by atoms with Crippen molar-refractivity contribution in [3.63, 3.8) is 0 Å². The maximum Gasteiger partial charge on any atom is 0.0474 e. The molecule has 2 atom stereocenters. The highest BCUT2D eigenvalue weighted by Crippen LogP contribution is 2.24. The van der Waals surface area contributed by atoms with E-state index in [9.17, 15) is 5.11 Å². The first-order valence-corrected chi connectivity index (χ1v) is 9.22. The number of aliphatic hydroxyl groups is 1. The third-order valence-electron chi connectivity index (χ3n) is 4.83. The van der Waals surface area contributed by atoms with Crippen molar-refractivity contribution in [2.24, 2.45) is 5.92 Å². The monoisotopic (exact) mass is 283 g/mol. The van der Waals surface area contributed by atoms with Crippen LogP contribution in [0.25, 0.3) is 0 Å². The van der Waals surface area contributed by atoms with Crippen LogP contribution in [0.2, 0.25) is 0 Å². The van der Waals surface area contributed by atoms with Crippen molar-refractivity contribution in [3.05, 3.63) is 0 Å². The zero-order chi connectivity index (χ0) is 14.5. The second-order valence-corrected chi connectivity index (χ2v) is 6.62. The van der Waals surface area contributed by atoms with Gasteiger partial charge in [0, 0.05) is 12.6 Å². The fourth-order valence-electron chi connectivity index (χ4n) is 3.42. The average Bonchev–Trinajstić information content (AvgIpc) is 2.92. The van der Waals surface area contributed by atoms with Crippen LogP contribution in [0.4, 0.5) is 0 Å². The van der Waals surface area contributed by atoms with Crippen molar-refractivity contribution in [3.8, 4) is 0 Å². The smallest absolute Gasteiger partial charge is 0.0474 e. The number of rotatable bonds is 13. The van der Waals surface area contributed by atoms with E-state index < -0.39 is 0 Å². The first-order valence-electron chi connectivity index (χ1n) is 9.22. The molecule has 20 heavy (non-hydrogen) atoms. The summed E-state index contributed by atoms with van der Waals surface area (Å²) in [5.41, 5.74) is 0. The molecule has 0 radical (unpaired) electrons. The van der Waals surface area contributed by atoms with E-state index in [0.29, 0.717) is 18.6 Å². The third kappa shape index (κ3) is 8.26. The zero-order valence-electron chi connectivity index (χ0n) is 13.7. The number of hydrogen-bond donors (Lipinski definition) is 2. The maximum atomic E-state index is 9.27. The molecule has 0 aromatic carbocycles. The normalized spacial score (nSPS) is 22.5. The Bertz CT molecular complexity index is 208. The van der Waals surface area contributed by atoms with E-state index in [0.717, 1.165) is 6.54 Å². The molecule has 120 valence electrons. The van der Waals surface area contributed by atoms with Gasteiger partial charge in [-0.05, 0) is 31.7 Å². The summed E-state index contributed by atoms with van der Waals surface area (Å²) in [6.45, 7) is 3.80. The highest BCUT2D eigenvalue weighted by atomic mass is 16.3. The quantitative estimate of drug-likeness (QED) is 0.482. The van der Waals surface area contributed by atoms with Gasteiger partial charge in [-0.25, -0.2) is 0 Å². The fourth-order valence-corrected chi connectivity index (χ4v) is 3.42. The zero-order valence-corrected chi connectivity index (χ0v) is 13.7. The molecule has 1 fully saturated rings. The van der Waals surface area contributed by atoms with Crippen LogP contribution in [0.1, 0.15) is 90.4 Å². The van der Waals surface area contributed by atoms with Gasteiger partial charge in [0.2, 0.25) is 0 Å². The van der Waals surface area contributed by atoms with E-state index in [1.165, 1.54) is 83.5 Å². The Morgan fingerprint density at radius 2 is 1.45 bits per heavy atom. The van der Waals surface area contributed by atoms with Crippen molar-refractivity contribution in [2.75, 3.05) is 13.2 Å². The van der Waals surface area contributed by atoms with E-state index in [1.54, 1.807) is 0 Å². The van der Waals surface area contributed by atoms with Gasteiger partial charge < -0.3 is 10.4 Å². The van der Waals surface area contributed by atoms with Crippen molar-refractivity contribution in [2.45, 2.75) is 96.4 Å². The molecule has 1 saturated carbocycles. The molecule has 2 heteroatoms. The Kier molecular flexibility index (Phi) is 11.4. The minimum absolute atomic E-state index is 0.371. The Morgan fingerprint density at radius 1 is 0.850 bits per heavy atom. The van der Waals surface area contributed by atoms with E-state index in [1.807, 2.05) is 0 Å². The lowest BCUT2D eigenvalue weighted by molar-refractivity contribution is 0.205. The second-order valence-electron chi connectivity index (χ2n) is 6.62. The third-order valence-corrected chi connectivity index (χ3v) is 4.83. The summed E-state index contributed by atoms with van der Waals surface area (Å²) in [5.74, 6) is 0.526. The Morgan fingerprint density at radius 3 is 2.05 bits per heavy atom. The number of hydrogen-bond acceptors (Lipinski definition) is 2. The van der Waals surface area contributed by atoms with Gasteiger partial charge in [-0.1, -0.05) is 71.1 Å². The van der Waals surface area contributed by atoms with Crippen LogP contribution in [0, 0.1) is 5.92 Å². The molecule has 2 unspecified atom stereocenters. The summed E-state index contributed by atoms with van der Waals surface area (Å²) in [6.07, 6.45) is 17.8. The summed E-state index contributed by atoms with van der Waals surface area (Å²) in [5, 5.41) is 12.9. The Labute approximate surface area is 126 Å². The van der Waals surface area contributed by atoms with Crippen LogP contribution in [-0.2, 0) is 0 Å². The van der Waals surface area contributed by atoms with Crippen molar-refractivity contribution in [1.82, 2.24) is 5.32 Å². The molecule has 1 rings (SSSR count). The van der Waals surface area contributed by atoms with Gasteiger partial charge in [0.05, 0.1) is 0 Å². The number of unbranched alkanes of at least 4 members (excludes halogenated alkanes) is 9. The van der Waals surface area contributed by atoms with Crippen LogP contribution in [0.3, 0.4) is 0 Å². The predicted octanol–water partition coefficient (Wildman–Crippen LogP) is 4.66. The van der Waals surface area contributed by atoms with Gasteiger partial charge in [-0.2, -0.15) is 0 Å². The minimum atomic E-state index is 0.371. The molecule has 0 aromatic heterocycles. The summed E-state index contributed by atoms with van der Waals surface area (Å²) < 4.78 is 0. The molecular formula is C18H37NO. The lowest BCUT2D eigenvalue weighted by Gasteiger charge is -2.18. The van der Waals surface area contributed by atoms with Gasteiger partial charge in [-0.15, -0.1) is 0 Å². The summed E-state index contributed by atoms with van der Waals surface area (Å²) in [7, 11) is 0. The van der Waals surface area contributed by atoms with Crippen molar-refractivity contribution < 1.29 is 5.11 Å². The molecular weight excluding hydrogens is 246 g/mol. The minimum Gasteiger partial charge on any atom is -0.396 e. The second kappa shape index (κ2) is 12.6. The van der Waals surface area contributed by atoms with Crippen molar-refractivity contribution >= 4 is 0 Å². The summed E-state index contributed by atoms with van der Waals surface area (Å²) >= 11 is 0. The SMILES string of the molecule is CCCCCCCCCCCCNC1CCCC1CO. The van der Waals surface area contributed by atoms with Crippen LogP contribution < -0.4 is 5.32 Å². The highest BCUT2D eigenvalue weighted by Gasteiger charge is 2.25. The first-order chi connectivity index (χ1) is 9.88. The summed E-state index contributed by atoms with van der Waals surface area (Å²) in [6, 6.07) is 0.596. The van der Waals surface area contributed by atoms with Gasteiger partial charge >= 0.3 is 0 Å². The number of aliphatic hydroxyl groups excluding tert-OH is 1. The largest absolute Gasteiger partial charge is 0.396 e. The molecule has 0 aliphatic heterocycles. The first kappa shape index (κ1) is 18.0. The predicted molar refractivity (Wildman–Crippen MR) is 88.1 cm³/mol. The molecule has 2 N–H and O–H groups in total. The van der Waals surface area contributed by atoms with Gasteiger partial charge in [0.25, 0.3) is 0 Å². The number of nitrogens with one attached hydrogen (secondary N) is 1. The van der Waals surface area contributed by atoms with Crippen molar-refractivity contribution in [1.29, 1.82) is 0 Å². The molecule has 1 aliphatic rings. The van der Waals surface area contributed by atoms with E-state index in [-0.39, 0.29) is 0 Å². The van der Waals surface area contributed by atoms with Gasteiger partial charge in [-0.3, -0.25) is 0 Å². The van der Waals surface area contributed by atoms with Gasteiger partial charge in [0.1, 0.15) is 0 Å². The van der Waals surface area contributed by atoms with Crippen LogP contribution >= 0.6 is 0 Å². The highest BCUT2D eigenvalue weighted by molar-refractivity contribution is 4.82. The van der Waals surface area contributed by atoms with Crippen LogP contribution in [-0.4, -0.2) is 24.3 Å². The molecule has 0 heterocycles. The topological polar surface area (TPSA) is 32.3 Å². The standard InChI is InChI=1S/C18H37NO/c1-2-3-4-5-6-7-8-9-10-11-15-19-18-14-12-13-17(18)16-20/h17-20H,2-16H2,1H3. The molecule has 0 saturated heterocycles. The van der Waals surface area contributed by atoms with E-state index >= 15 is 0 Å². The summed E-state index contributed by atoms with van der Waals surface area (Å²) in [4.78, 5) is 0. The fraction of sp³-hybridized carbons (Fsp3) is 1.00. The van der Waals surface area contributed by atoms with E-state index in [2.05, 4.69) is 12.2 Å². The van der Waals surface area contributed by atoms with Gasteiger partial charge in [0.15, 0.2) is 0 Å². The molecule has 0 aromatic rings. The lowest BCUT2D eigenvalue weighted by atomic mass is 10.0. The molecule has 1 aliphatic carbocycles. The van der Waals surface area contributed by atoms with E-state index in [4.69, 9.17) is 0 Å².